The smallest absolute Gasteiger partial charge is 0.192 e. The van der Waals surface area contributed by atoms with Crippen molar-refractivity contribution >= 4 is 20.9 Å². The predicted molar refractivity (Wildman–Crippen MR) is 112 cm³/mol. The van der Waals surface area contributed by atoms with E-state index in [1.807, 2.05) is 16.7 Å². The van der Waals surface area contributed by atoms with Gasteiger partial charge in [0.1, 0.15) is 5.83 Å². The number of rotatable bonds is 7. The van der Waals surface area contributed by atoms with Gasteiger partial charge in [-0.15, -0.1) is 0 Å². The Hall–Kier alpha value is -2.58. The monoisotopic (exact) mass is 416 g/mol. The average molecular weight is 417 g/mol. The van der Waals surface area contributed by atoms with Crippen LogP contribution in [0.5, 0.6) is 0 Å². The third-order valence-electron chi connectivity index (χ3n) is 4.72. The second kappa shape index (κ2) is 8.42. The van der Waals surface area contributed by atoms with Crippen LogP contribution in [-0.2, 0) is 22.8 Å². The molecule has 0 atom stereocenters. The minimum absolute atomic E-state index is 0.0416. The molecule has 3 rings (SSSR count). The molecule has 0 saturated heterocycles. The zero-order chi connectivity index (χ0) is 21.2. The van der Waals surface area contributed by atoms with Crippen molar-refractivity contribution in [1.29, 1.82) is 0 Å². The minimum Gasteiger partial charge on any atom is -0.336 e. The van der Waals surface area contributed by atoms with Crippen LogP contribution in [0.2, 0.25) is 0 Å². The first-order valence-corrected chi connectivity index (χ1v) is 11.3. The summed E-state index contributed by atoms with van der Waals surface area (Å²) < 4.78 is 39.6. The molecule has 0 aliphatic heterocycles. The van der Waals surface area contributed by atoms with Crippen LogP contribution in [0.3, 0.4) is 0 Å². The number of pyridine rings is 2. The van der Waals surface area contributed by atoms with Gasteiger partial charge in [0.25, 0.3) is 0 Å². The lowest BCUT2D eigenvalue weighted by molar-refractivity contribution is 0.544. The number of aromatic nitrogens is 3. The molecule has 0 bridgehead atoms. The molecule has 3 aromatic heterocycles. The van der Waals surface area contributed by atoms with E-state index in [1.165, 1.54) is 12.1 Å². The molecule has 0 amide bonds. The van der Waals surface area contributed by atoms with Gasteiger partial charge in [0.2, 0.25) is 0 Å². The molecule has 154 valence electrons. The van der Waals surface area contributed by atoms with Crippen LogP contribution < -0.4 is 5.73 Å². The van der Waals surface area contributed by atoms with E-state index in [0.29, 0.717) is 6.42 Å². The summed E-state index contributed by atoms with van der Waals surface area (Å²) in [5.41, 5.74) is 9.97. The maximum atomic E-state index is 14.3. The molecular weight excluding hydrogens is 391 g/mol. The Bertz CT molecular complexity index is 1150. The summed E-state index contributed by atoms with van der Waals surface area (Å²) in [6.45, 7) is 4.36. The topological polar surface area (TPSA) is 90.9 Å². The normalized spacial score (nSPS) is 12.8. The second-order valence-electron chi connectivity index (χ2n) is 7.32. The number of sulfone groups is 1. The number of allylic oxidation sites excluding steroid dienone is 1. The largest absolute Gasteiger partial charge is 0.336 e. The van der Waals surface area contributed by atoms with Gasteiger partial charge in [0, 0.05) is 42.9 Å². The van der Waals surface area contributed by atoms with E-state index >= 15 is 0 Å². The highest BCUT2D eigenvalue weighted by Crippen LogP contribution is 2.32. The lowest BCUT2D eigenvalue weighted by Gasteiger charge is -2.15. The van der Waals surface area contributed by atoms with Crippen molar-refractivity contribution in [3.63, 3.8) is 0 Å². The lowest BCUT2D eigenvalue weighted by Crippen LogP contribution is -2.08. The predicted octanol–water partition coefficient (Wildman–Crippen LogP) is 3.36. The van der Waals surface area contributed by atoms with Crippen molar-refractivity contribution < 1.29 is 12.8 Å². The van der Waals surface area contributed by atoms with E-state index in [0.717, 1.165) is 34.1 Å². The van der Waals surface area contributed by atoms with Crippen molar-refractivity contribution in [1.82, 2.24) is 14.5 Å². The molecule has 3 aromatic rings. The Morgan fingerprint density at radius 2 is 2.03 bits per heavy atom. The molecule has 29 heavy (non-hydrogen) atoms. The van der Waals surface area contributed by atoms with Crippen molar-refractivity contribution in [2.24, 2.45) is 5.73 Å². The van der Waals surface area contributed by atoms with Crippen molar-refractivity contribution in [2.75, 3.05) is 12.8 Å². The molecule has 0 radical (unpaired) electrons. The van der Waals surface area contributed by atoms with E-state index in [-0.39, 0.29) is 29.9 Å². The molecule has 0 fully saturated rings. The van der Waals surface area contributed by atoms with Gasteiger partial charge in [-0.1, -0.05) is 19.9 Å². The highest BCUT2D eigenvalue weighted by molar-refractivity contribution is 7.90. The van der Waals surface area contributed by atoms with Gasteiger partial charge in [-0.25, -0.2) is 17.8 Å². The Kier molecular flexibility index (Phi) is 6.14. The van der Waals surface area contributed by atoms with E-state index < -0.39 is 9.84 Å². The molecular formula is C21H25FN4O2S. The standard InChI is InChI=1S/C21H25FN4O2S/c1-14(2)21-17(11-15-6-7-19(25-12-15)29(3,27)28)20-18(5-4-10-24-20)26(21)13-16(22)8-9-23/h4-8,10,12,14H,9,11,13,23H2,1-3H3/b16-8-. The Morgan fingerprint density at radius 3 is 2.62 bits per heavy atom. The molecule has 0 spiro atoms. The Labute approximate surface area is 170 Å². The molecule has 6 nitrogen and oxygen atoms in total. The first kappa shape index (κ1) is 21.1. The number of fused-ring (bicyclic) bond motifs is 1. The SMILES string of the molecule is CC(C)c1c(Cc2ccc(S(C)(=O)=O)nc2)c2ncccc2n1C/C(F)=C/CN. The van der Waals surface area contributed by atoms with Crippen molar-refractivity contribution in [2.45, 2.75) is 37.8 Å². The van der Waals surface area contributed by atoms with Crippen LogP contribution >= 0.6 is 0 Å². The summed E-state index contributed by atoms with van der Waals surface area (Å²) in [7, 11) is -3.35. The fraction of sp³-hybridized carbons (Fsp3) is 0.333. The Morgan fingerprint density at radius 1 is 1.28 bits per heavy atom. The quantitative estimate of drug-likeness (QED) is 0.638. The molecule has 0 aliphatic rings. The van der Waals surface area contributed by atoms with Crippen LogP contribution in [0.4, 0.5) is 4.39 Å². The molecule has 0 aromatic carbocycles. The number of hydrogen-bond donors (Lipinski definition) is 1. The molecule has 0 saturated carbocycles. The molecule has 8 heteroatoms. The summed E-state index contributed by atoms with van der Waals surface area (Å²) in [4.78, 5) is 8.63. The van der Waals surface area contributed by atoms with Crippen LogP contribution in [0.1, 0.15) is 36.6 Å². The van der Waals surface area contributed by atoms with Gasteiger partial charge in [0.15, 0.2) is 14.9 Å². The summed E-state index contributed by atoms with van der Waals surface area (Å²) in [6.07, 6.45) is 6.32. The zero-order valence-electron chi connectivity index (χ0n) is 16.8. The van der Waals surface area contributed by atoms with Gasteiger partial charge < -0.3 is 10.3 Å². The highest BCUT2D eigenvalue weighted by atomic mass is 32.2. The fourth-order valence-electron chi connectivity index (χ4n) is 3.55. The van der Waals surface area contributed by atoms with Gasteiger partial charge in [0.05, 0.1) is 17.6 Å². The van der Waals surface area contributed by atoms with Crippen molar-refractivity contribution in [3.8, 4) is 0 Å². The first-order valence-electron chi connectivity index (χ1n) is 9.38. The zero-order valence-corrected chi connectivity index (χ0v) is 17.6. The van der Waals surface area contributed by atoms with Gasteiger partial charge in [-0.2, -0.15) is 0 Å². The van der Waals surface area contributed by atoms with E-state index in [1.54, 1.807) is 18.5 Å². The number of nitrogens with two attached hydrogens (primary N) is 1. The third kappa shape index (κ3) is 4.54. The molecule has 0 aliphatic carbocycles. The Balaban J connectivity index is 2.12. The van der Waals surface area contributed by atoms with Crippen molar-refractivity contribution in [3.05, 3.63) is 65.4 Å². The van der Waals surface area contributed by atoms with Crippen LogP contribution in [0.25, 0.3) is 11.0 Å². The lowest BCUT2D eigenvalue weighted by atomic mass is 9.99. The molecule has 3 heterocycles. The average Bonchev–Trinajstić information content (AvgIpc) is 2.95. The van der Waals surface area contributed by atoms with E-state index in [4.69, 9.17) is 5.73 Å². The number of halogens is 1. The third-order valence-corrected chi connectivity index (χ3v) is 5.72. The molecule has 2 N–H and O–H groups in total. The van der Waals surface area contributed by atoms with Gasteiger partial charge in [-0.3, -0.25) is 4.98 Å². The maximum absolute atomic E-state index is 14.3. The number of hydrogen-bond acceptors (Lipinski definition) is 5. The van der Waals surface area contributed by atoms with Crippen LogP contribution in [0, 0.1) is 0 Å². The van der Waals surface area contributed by atoms with Crippen LogP contribution in [0.15, 0.2) is 53.6 Å². The molecule has 0 unspecified atom stereocenters. The summed E-state index contributed by atoms with van der Waals surface area (Å²) in [6, 6.07) is 7.03. The van der Waals surface area contributed by atoms with E-state index in [2.05, 4.69) is 23.8 Å². The minimum atomic E-state index is -3.35. The maximum Gasteiger partial charge on any atom is 0.192 e. The van der Waals surface area contributed by atoms with Gasteiger partial charge in [-0.05, 0) is 35.8 Å². The van der Waals surface area contributed by atoms with Gasteiger partial charge >= 0.3 is 0 Å². The summed E-state index contributed by atoms with van der Waals surface area (Å²) in [5, 5.41) is 0.0416. The fourth-order valence-corrected chi connectivity index (χ4v) is 4.11. The van der Waals surface area contributed by atoms with Crippen LogP contribution in [-0.4, -0.2) is 35.8 Å². The summed E-state index contributed by atoms with van der Waals surface area (Å²) >= 11 is 0. The summed E-state index contributed by atoms with van der Waals surface area (Å²) in [5.74, 6) is -0.158. The van der Waals surface area contributed by atoms with E-state index in [9.17, 15) is 12.8 Å². The highest BCUT2D eigenvalue weighted by Gasteiger charge is 2.21. The second-order valence-corrected chi connectivity index (χ2v) is 9.28. The first-order chi connectivity index (χ1) is 13.7. The number of nitrogens with zero attached hydrogens (tertiary/aromatic N) is 3.